The molecule has 0 bridgehead atoms. The minimum Gasteiger partial charge on any atom is -0.351 e. The van der Waals surface area contributed by atoms with E-state index >= 15 is 0 Å². The molecular formula is C17H26N2O. The van der Waals surface area contributed by atoms with Crippen LogP contribution in [0.4, 0.5) is 0 Å². The third-order valence-electron chi connectivity index (χ3n) is 4.66. The fraction of sp³-hybridized carbons (Fsp3) is 0.588. The Morgan fingerprint density at radius 2 is 1.95 bits per heavy atom. The Morgan fingerprint density at radius 3 is 2.50 bits per heavy atom. The first-order valence-corrected chi connectivity index (χ1v) is 7.75. The predicted molar refractivity (Wildman–Crippen MR) is 82.3 cm³/mol. The lowest BCUT2D eigenvalue weighted by atomic mass is 9.82. The molecule has 0 spiro atoms. The molecule has 1 atom stereocenters. The largest absolute Gasteiger partial charge is 0.351 e. The van der Waals surface area contributed by atoms with E-state index in [2.05, 4.69) is 24.4 Å². The number of nitrogens with one attached hydrogen (secondary N) is 1. The van der Waals surface area contributed by atoms with Gasteiger partial charge in [0.25, 0.3) is 0 Å². The van der Waals surface area contributed by atoms with Crippen molar-refractivity contribution in [3.63, 3.8) is 0 Å². The SMILES string of the molecule is CCC1(C(=O)NC(CN)Cc2ccccc2)CCCC1. The zero-order valence-electron chi connectivity index (χ0n) is 12.4. The summed E-state index contributed by atoms with van der Waals surface area (Å²) in [5.74, 6) is 0.212. The number of carbonyl (C=O) groups is 1. The van der Waals surface area contributed by atoms with Gasteiger partial charge < -0.3 is 11.1 Å². The second kappa shape index (κ2) is 6.89. The quantitative estimate of drug-likeness (QED) is 0.838. The fourth-order valence-corrected chi connectivity index (χ4v) is 3.22. The van der Waals surface area contributed by atoms with Crippen LogP contribution < -0.4 is 11.1 Å². The van der Waals surface area contributed by atoms with E-state index in [1.54, 1.807) is 0 Å². The highest BCUT2D eigenvalue weighted by molar-refractivity contribution is 5.83. The molecule has 1 fully saturated rings. The average Bonchev–Trinajstić information content (AvgIpc) is 2.97. The molecule has 1 aromatic carbocycles. The molecule has 1 aliphatic carbocycles. The van der Waals surface area contributed by atoms with Gasteiger partial charge in [-0.15, -0.1) is 0 Å². The highest BCUT2D eigenvalue weighted by atomic mass is 16.2. The number of hydrogen-bond acceptors (Lipinski definition) is 2. The minimum atomic E-state index is -0.135. The lowest BCUT2D eigenvalue weighted by molar-refractivity contribution is -0.131. The van der Waals surface area contributed by atoms with Crippen LogP contribution in [0, 0.1) is 5.41 Å². The standard InChI is InChI=1S/C17H26N2O/c1-2-17(10-6-7-11-17)16(20)19-15(13-18)12-14-8-4-3-5-9-14/h3-5,8-9,15H,2,6-7,10-13,18H2,1H3,(H,19,20). The molecule has 110 valence electrons. The van der Waals surface area contributed by atoms with Crippen LogP contribution >= 0.6 is 0 Å². The summed E-state index contributed by atoms with van der Waals surface area (Å²) in [6.07, 6.45) is 6.14. The molecule has 1 aliphatic rings. The minimum absolute atomic E-state index is 0.0360. The zero-order valence-corrected chi connectivity index (χ0v) is 12.4. The second-order valence-corrected chi connectivity index (χ2v) is 5.94. The number of hydrogen-bond donors (Lipinski definition) is 2. The molecule has 0 aliphatic heterocycles. The van der Waals surface area contributed by atoms with Gasteiger partial charge in [-0.2, -0.15) is 0 Å². The van der Waals surface area contributed by atoms with E-state index in [0.29, 0.717) is 6.54 Å². The van der Waals surface area contributed by atoms with Gasteiger partial charge in [0.15, 0.2) is 0 Å². The first-order chi connectivity index (χ1) is 9.70. The maximum absolute atomic E-state index is 12.6. The van der Waals surface area contributed by atoms with Crippen LogP contribution in [-0.4, -0.2) is 18.5 Å². The van der Waals surface area contributed by atoms with Crippen molar-refractivity contribution < 1.29 is 4.79 Å². The van der Waals surface area contributed by atoms with Gasteiger partial charge >= 0.3 is 0 Å². The molecule has 0 saturated heterocycles. The number of nitrogens with two attached hydrogens (primary N) is 1. The molecule has 1 amide bonds. The van der Waals surface area contributed by atoms with E-state index in [4.69, 9.17) is 5.73 Å². The molecule has 0 aromatic heterocycles. The third kappa shape index (κ3) is 3.40. The van der Waals surface area contributed by atoms with Crippen LogP contribution in [0.1, 0.15) is 44.6 Å². The predicted octanol–water partition coefficient (Wildman–Crippen LogP) is 2.64. The summed E-state index contributed by atoms with van der Waals surface area (Å²) in [5.41, 5.74) is 6.93. The fourth-order valence-electron chi connectivity index (χ4n) is 3.22. The van der Waals surface area contributed by atoms with E-state index in [-0.39, 0.29) is 17.4 Å². The summed E-state index contributed by atoms with van der Waals surface area (Å²) in [4.78, 5) is 12.6. The number of amides is 1. The first-order valence-electron chi connectivity index (χ1n) is 7.75. The van der Waals surface area contributed by atoms with Crippen molar-refractivity contribution in [1.29, 1.82) is 0 Å². The lowest BCUT2D eigenvalue weighted by Gasteiger charge is -2.29. The first kappa shape index (κ1) is 15.0. The summed E-state index contributed by atoms with van der Waals surface area (Å²) in [5, 5.41) is 3.18. The van der Waals surface area contributed by atoms with Crippen LogP contribution in [0.2, 0.25) is 0 Å². The van der Waals surface area contributed by atoms with Crippen molar-refractivity contribution in [2.75, 3.05) is 6.54 Å². The topological polar surface area (TPSA) is 55.1 Å². The van der Waals surface area contributed by atoms with E-state index < -0.39 is 0 Å². The van der Waals surface area contributed by atoms with Crippen LogP contribution in [0.5, 0.6) is 0 Å². The molecule has 3 heteroatoms. The third-order valence-corrected chi connectivity index (χ3v) is 4.66. The van der Waals surface area contributed by atoms with Gasteiger partial charge in [-0.3, -0.25) is 4.79 Å². The Hall–Kier alpha value is -1.35. The number of carbonyl (C=O) groups excluding carboxylic acids is 1. The monoisotopic (exact) mass is 274 g/mol. The summed E-state index contributed by atoms with van der Waals surface area (Å²) < 4.78 is 0. The van der Waals surface area contributed by atoms with Crippen LogP contribution in [0.25, 0.3) is 0 Å². The Kier molecular flexibility index (Phi) is 5.18. The van der Waals surface area contributed by atoms with Gasteiger partial charge in [-0.05, 0) is 31.2 Å². The van der Waals surface area contributed by atoms with E-state index in [1.165, 1.54) is 18.4 Å². The molecular weight excluding hydrogens is 248 g/mol. The van der Waals surface area contributed by atoms with Gasteiger partial charge in [0, 0.05) is 18.0 Å². The van der Waals surface area contributed by atoms with E-state index in [1.807, 2.05) is 18.2 Å². The summed E-state index contributed by atoms with van der Waals surface area (Å²) in [7, 11) is 0. The smallest absolute Gasteiger partial charge is 0.226 e. The average molecular weight is 274 g/mol. The van der Waals surface area contributed by atoms with E-state index in [0.717, 1.165) is 25.7 Å². The zero-order chi connectivity index (χ0) is 14.4. The maximum atomic E-state index is 12.6. The second-order valence-electron chi connectivity index (χ2n) is 5.94. The van der Waals surface area contributed by atoms with Crippen LogP contribution in [-0.2, 0) is 11.2 Å². The van der Waals surface area contributed by atoms with Gasteiger partial charge in [-0.25, -0.2) is 0 Å². The molecule has 1 aromatic rings. The van der Waals surface area contributed by atoms with Crippen molar-refractivity contribution >= 4 is 5.91 Å². The normalized spacial score (nSPS) is 18.7. The molecule has 3 nitrogen and oxygen atoms in total. The lowest BCUT2D eigenvalue weighted by Crippen LogP contribution is -2.48. The van der Waals surface area contributed by atoms with Crippen molar-refractivity contribution in [1.82, 2.24) is 5.32 Å². The highest BCUT2D eigenvalue weighted by Crippen LogP contribution is 2.41. The summed E-state index contributed by atoms with van der Waals surface area (Å²) in [6, 6.07) is 10.3. The highest BCUT2D eigenvalue weighted by Gasteiger charge is 2.39. The Balaban J connectivity index is 1.97. The molecule has 20 heavy (non-hydrogen) atoms. The van der Waals surface area contributed by atoms with Gasteiger partial charge in [0.2, 0.25) is 5.91 Å². The van der Waals surface area contributed by atoms with Gasteiger partial charge in [-0.1, -0.05) is 50.1 Å². The number of rotatable bonds is 6. The van der Waals surface area contributed by atoms with Gasteiger partial charge in [0.1, 0.15) is 0 Å². The summed E-state index contributed by atoms with van der Waals surface area (Å²) >= 11 is 0. The Bertz CT molecular complexity index is 424. The molecule has 0 radical (unpaired) electrons. The molecule has 0 heterocycles. The van der Waals surface area contributed by atoms with Crippen molar-refractivity contribution in [2.45, 2.75) is 51.5 Å². The number of benzene rings is 1. The maximum Gasteiger partial charge on any atom is 0.226 e. The van der Waals surface area contributed by atoms with Crippen molar-refractivity contribution in [3.8, 4) is 0 Å². The van der Waals surface area contributed by atoms with Gasteiger partial charge in [0.05, 0.1) is 0 Å². The molecule has 3 N–H and O–H groups in total. The van der Waals surface area contributed by atoms with Crippen LogP contribution in [0.15, 0.2) is 30.3 Å². The molecule has 1 saturated carbocycles. The van der Waals surface area contributed by atoms with Crippen molar-refractivity contribution in [2.24, 2.45) is 11.1 Å². The Morgan fingerprint density at radius 1 is 1.30 bits per heavy atom. The Labute approximate surface area is 121 Å². The van der Waals surface area contributed by atoms with Crippen LogP contribution in [0.3, 0.4) is 0 Å². The molecule has 2 rings (SSSR count). The summed E-state index contributed by atoms with van der Waals surface area (Å²) in [6.45, 7) is 2.61. The van der Waals surface area contributed by atoms with Crippen molar-refractivity contribution in [3.05, 3.63) is 35.9 Å². The molecule has 1 unspecified atom stereocenters. The van der Waals surface area contributed by atoms with E-state index in [9.17, 15) is 4.79 Å².